The molecule has 0 aromatic heterocycles. The summed E-state index contributed by atoms with van der Waals surface area (Å²) in [4.78, 5) is 7.15. The highest BCUT2D eigenvalue weighted by molar-refractivity contribution is 7.89. The van der Waals surface area contributed by atoms with Gasteiger partial charge in [0.1, 0.15) is 0 Å². The molecule has 1 fully saturated rings. The molecule has 1 aromatic rings. The van der Waals surface area contributed by atoms with Crippen LogP contribution in [0.2, 0.25) is 0 Å². The van der Waals surface area contributed by atoms with Crippen LogP contribution in [-0.2, 0) is 23.1 Å². The molecule has 0 amide bonds. The van der Waals surface area contributed by atoms with E-state index in [0.717, 1.165) is 25.5 Å². The van der Waals surface area contributed by atoms with Crippen LogP contribution in [0.3, 0.4) is 0 Å². The Balaban J connectivity index is 1.78. The van der Waals surface area contributed by atoms with Crippen molar-refractivity contribution in [2.75, 3.05) is 45.5 Å². The number of sulfonamides is 1. The number of nitrogens with one attached hydrogen (secondary N) is 2. The summed E-state index contributed by atoms with van der Waals surface area (Å²) in [6, 6.07) is 8.72. The van der Waals surface area contributed by atoms with E-state index in [-0.39, 0.29) is 5.75 Å². The van der Waals surface area contributed by atoms with Crippen LogP contribution in [0.15, 0.2) is 29.3 Å². The molecule has 0 aliphatic carbocycles. The minimum absolute atomic E-state index is 0.137. The third kappa shape index (κ3) is 8.32. The van der Waals surface area contributed by atoms with Gasteiger partial charge in [0.05, 0.1) is 12.3 Å². The van der Waals surface area contributed by atoms with Gasteiger partial charge in [-0.3, -0.25) is 4.90 Å². The Bertz CT molecular complexity index is 728. The van der Waals surface area contributed by atoms with Crippen LogP contribution < -0.4 is 10.6 Å². The first-order chi connectivity index (χ1) is 13.9. The van der Waals surface area contributed by atoms with Gasteiger partial charge in [-0.2, -0.15) is 0 Å². The zero-order chi connectivity index (χ0) is 21.1. The first-order valence-electron chi connectivity index (χ1n) is 10.7. The fourth-order valence-electron chi connectivity index (χ4n) is 3.33. The molecule has 1 aliphatic rings. The van der Waals surface area contributed by atoms with Crippen LogP contribution in [0.1, 0.15) is 44.2 Å². The molecule has 0 bridgehead atoms. The van der Waals surface area contributed by atoms with E-state index in [1.165, 1.54) is 41.4 Å². The molecule has 0 saturated carbocycles. The standard InChI is InChI=1S/C21H37N5O2S/c1-4-22-21(23-13-8-14-25(3)29(27,28)5-2)24-17-19-9-11-20(12-10-19)18-26-15-6-7-16-26/h9-12H,4-8,13-18H2,1-3H3,(H2,22,23,24). The molecule has 1 heterocycles. The monoisotopic (exact) mass is 423 g/mol. The van der Waals surface area contributed by atoms with E-state index in [4.69, 9.17) is 0 Å². The minimum atomic E-state index is -3.11. The lowest BCUT2D eigenvalue weighted by Gasteiger charge is -2.17. The zero-order valence-electron chi connectivity index (χ0n) is 18.2. The summed E-state index contributed by atoms with van der Waals surface area (Å²) < 4.78 is 25.0. The van der Waals surface area contributed by atoms with Crippen molar-refractivity contribution in [1.29, 1.82) is 0 Å². The molecule has 2 rings (SSSR count). The van der Waals surface area contributed by atoms with E-state index >= 15 is 0 Å². The van der Waals surface area contributed by atoms with Gasteiger partial charge in [-0.1, -0.05) is 24.3 Å². The fourth-order valence-corrected chi connectivity index (χ4v) is 4.18. The number of hydrogen-bond acceptors (Lipinski definition) is 4. The second-order valence-electron chi connectivity index (χ2n) is 7.50. The molecule has 29 heavy (non-hydrogen) atoms. The Labute approximate surface area is 176 Å². The minimum Gasteiger partial charge on any atom is -0.357 e. The molecule has 2 N–H and O–H groups in total. The Morgan fingerprint density at radius 3 is 2.38 bits per heavy atom. The molecule has 0 spiro atoms. The van der Waals surface area contributed by atoms with Crippen molar-refractivity contribution in [3.05, 3.63) is 35.4 Å². The summed E-state index contributed by atoms with van der Waals surface area (Å²) >= 11 is 0. The van der Waals surface area contributed by atoms with Crippen molar-refractivity contribution < 1.29 is 8.42 Å². The molecule has 0 atom stereocenters. The SMILES string of the molecule is CCNC(=NCc1ccc(CN2CCCC2)cc1)NCCCN(C)S(=O)(=O)CC. The predicted octanol–water partition coefficient (Wildman–Crippen LogP) is 2.01. The van der Waals surface area contributed by atoms with Crippen molar-refractivity contribution >= 4 is 16.0 Å². The fraction of sp³-hybridized carbons (Fsp3) is 0.667. The summed E-state index contributed by atoms with van der Waals surface area (Å²) in [6.45, 7) is 9.73. The van der Waals surface area contributed by atoms with Crippen LogP contribution in [0.25, 0.3) is 0 Å². The van der Waals surface area contributed by atoms with Crippen LogP contribution in [0.5, 0.6) is 0 Å². The lowest BCUT2D eigenvalue weighted by atomic mass is 10.1. The largest absolute Gasteiger partial charge is 0.357 e. The second-order valence-corrected chi connectivity index (χ2v) is 9.86. The predicted molar refractivity (Wildman–Crippen MR) is 120 cm³/mol. The number of aliphatic imine (C=N–C) groups is 1. The molecule has 164 valence electrons. The third-order valence-electron chi connectivity index (χ3n) is 5.17. The van der Waals surface area contributed by atoms with Gasteiger partial charge in [0.15, 0.2) is 5.96 Å². The Kier molecular flexibility index (Phi) is 9.90. The van der Waals surface area contributed by atoms with Crippen molar-refractivity contribution in [2.45, 2.75) is 46.2 Å². The van der Waals surface area contributed by atoms with Crippen LogP contribution >= 0.6 is 0 Å². The van der Waals surface area contributed by atoms with E-state index in [9.17, 15) is 8.42 Å². The second kappa shape index (κ2) is 12.1. The van der Waals surface area contributed by atoms with Gasteiger partial charge in [-0.05, 0) is 57.3 Å². The van der Waals surface area contributed by atoms with Crippen LogP contribution in [-0.4, -0.2) is 69.1 Å². The number of nitrogens with zero attached hydrogens (tertiary/aromatic N) is 3. The highest BCUT2D eigenvalue weighted by Crippen LogP contribution is 2.13. The maximum atomic E-state index is 11.8. The Morgan fingerprint density at radius 2 is 1.76 bits per heavy atom. The Hall–Kier alpha value is -1.64. The van der Waals surface area contributed by atoms with Crippen molar-refractivity contribution in [1.82, 2.24) is 19.8 Å². The number of benzene rings is 1. The highest BCUT2D eigenvalue weighted by Gasteiger charge is 2.14. The number of likely N-dealkylation sites (tertiary alicyclic amines) is 1. The van der Waals surface area contributed by atoms with Crippen LogP contribution in [0.4, 0.5) is 0 Å². The molecule has 0 radical (unpaired) electrons. The summed E-state index contributed by atoms with van der Waals surface area (Å²) in [5.41, 5.74) is 2.54. The summed E-state index contributed by atoms with van der Waals surface area (Å²) in [7, 11) is -1.48. The normalized spacial score (nSPS) is 15.8. The van der Waals surface area contributed by atoms with Gasteiger partial charge in [0, 0.05) is 33.2 Å². The molecule has 1 saturated heterocycles. The molecular weight excluding hydrogens is 386 g/mol. The van der Waals surface area contributed by atoms with Gasteiger partial charge in [-0.25, -0.2) is 17.7 Å². The lowest BCUT2D eigenvalue weighted by Crippen LogP contribution is -2.39. The average Bonchev–Trinajstić information content (AvgIpc) is 3.23. The van der Waals surface area contributed by atoms with Gasteiger partial charge in [0.25, 0.3) is 0 Å². The molecule has 1 aromatic carbocycles. The smallest absolute Gasteiger partial charge is 0.213 e. The molecule has 1 aliphatic heterocycles. The lowest BCUT2D eigenvalue weighted by molar-refractivity contribution is 0.331. The van der Waals surface area contributed by atoms with Crippen molar-refractivity contribution in [2.24, 2.45) is 4.99 Å². The van der Waals surface area contributed by atoms with Crippen molar-refractivity contribution in [3.8, 4) is 0 Å². The maximum absolute atomic E-state index is 11.8. The first-order valence-corrected chi connectivity index (χ1v) is 12.3. The maximum Gasteiger partial charge on any atom is 0.213 e. The molecule has 7 nitrogen and oxygen atoms in total. The van der Waals surface area contributed by atoms with Gasteiger partial charge < -0.3 is 10.6 Å². The summed E-state index contributed by atoms with van der Waals surface area (Å²) in [5.74, 6) is 0.896. The van der Waals surface area contributed by atoms with Gasteiger partial charge in [-0.15, -0.1) is 0 Å². The quantitative estimate of drug-likeness (QED) is 0.323. The van der Waals surface area contributed by atoms with Crippen molar-refractivity contribution in [3.63, 3.8) is 0 Å². The summed E-state index contributed by atoms with van der Waals surface area (Å²) in [5, 5.41) is 6.53. The Morgan fingerprint density at radius 1 is 1.10 bits per heavy atom. The zero-order valence-corrected chi connectivity index (χ0v) is 19.0. The van der Waals surface area contributed by atoms with E-state index in [1.807, 2.05) is 6.92 Å². The average molecular weight is 424 g/mol. The van der Waals surface area contributed by atoms with Crippen LogP contribution in [0, 0.1) is 0 Å². The topological polar surface area (TPSA) is 77.0 Å². The number of guanidine groups is 1. The third-order valence-corrected chi connectivity index (χ3v) is 7.04. The molecular formula is C21H37N5O2S. The van der Waals surface area contributed by atoms with Gasteiger partial charge in [0.2, 0.25) is 10.0 Å². The van der Waals surface area contributed by atoms with Gasteiger partial charge >= 0.3 is 0 Å². The van der Waals surface area contributed by atoms with E-state index < -0.39 is 10.0 Å². The van der Waals surface area contributed by atoms with E-state index in [0.29, 0.717) is 19.6 Å². The molecule has 0 unspecified atom stereocenters. The first kappa shape index (κ1) is 23.6. The van der Waals surface area contributed by atoms with E-state index in [1.54, 1.807) is 14.0 Å². The highest BCUT2D eigenvalue weighted by atomic mass is 32.2. The van der Waals surface area contributed by atoms with E-state index in [2.05, 4.69) is 44.8 Å². The number of hydrogen-bond donors (Lipinski definition) is 2. The number of rotatable bonds is 11. The molecule has 8 heteroatoms. The summed E-state index contributed by atoms with van der Waals surface area (Å²) in [6.07, 6.45) is 3.36.